The van der Waals surface area contributed by atoms with Crippen LogP contribution >= 0.6 is 12.4 Å². The van der Waals surface area contributed by atoms with E-state index >= 15 is 0 Å². The Labute approximate surface area is 121 Å². The van der Waals surface area contributed by atoms with Gasteiger partial charge in [0.1, 0.15) is 5.41 Å². The van der Waals surface area contributed by atoms with Gasteiger partial charge in [0.05, 0.1) is 12.7 Å². The van der Waals surface area contributed by atoms with E-state index in [-0.39, 0.29) is 19.0 Å². The van der Waals surface area contributed by atoms with Crippen LogP contribution in [0.4, 0.5) is 13.2 Å². The molecular formula is C13H17ClF3NO2. The van der Waals surface area contributed by atoms with Gasteiger partial charge >= 0.3 is 12.1 Å². The molecule has 114 valence electrons. The molecule has 0 radical (unpaired) electrons. The highest BCUT2D eigenvalue weighted by atomic mass is 35.5. The van der Waals surface area contributed by atoms with Gasteiger partial charge in [-0.1, -0.05) is 12.1 Å². The van der Waals surface area contributed by atoms with Crippen molar-refractivity contribution in [1.29, 1.82) is 0 Å². The van der Waals surface area contributed by atoms with E-state index in [9.17, 15) is 18.0 Å². The predicted octanol–water partition coefficient (Wildman–Crippen LogP) is 2.78. The molecule has 7 heteroatoms. The van der Waals surface area contributed by atoms with E-state index in [4.69, 9.17) is 4.74 Å². The summed E-state index contributed by atoms with van der Waals surface area (Å²) in [4.78, 5) is 11.8. The molecule has 0 aliphatic heterocycles. The molecular weight excluding hydrogens is 295 g/mol. The number of hydrogen-bond donors (Lipinski definition) is 1. The minimum Gasteiger partial charge on any atom is -0.468 e. The van der Waals surface area contributed by atoms with Gasteiger partial charge in [-0.25, -0.2) is 0 Å². The zero-order valence-electron chi connectivity index (χ0n) is 11.4. The second-order valence-corrected chi connectivity index (χ2v) is 4.43. The molecule has 20 heavy (non-hydrogen) atoms. The van der Waals surface area contributed by atoms with Crippen LogP contribution in [-0.4, -0.2) is 26.7 Å². The maximum absolute atomic E-state index is 12.5. The molecule has 0 fully saturated rings. The van der Waals surface area contributed by atoms with Crippen molar-refractivity contribution in [2.24, 2.45) is 0 Å². The Hall–Kier alpha value is -1.27. The number of alkyl halides is 3. The van der Waals surface area contributed by atoms with Crippen LogP contribution in [0.5, 0.6) is 0 Å². The van der Waals surface area contributed by atoms with Crippen molar-refractivity contribution in [1.82, 2.24) is 5.32 Å². The lowest BCUT2D eigenvalue weighted by atomic mass is 9.82. The molecule has 0 bridgehead atoms. The third kappa shape index (κ3) is 3.86. The van der Waals surface area contributed by atoms with Crippen LogP contribution < -0.4 is 5.32 Å². The van der Waals surface area contributed by atoms with Crippen LogP contribution in [0.2, 0.25) is 0 Å². The number of nitrogens with one attached hydrogen (secondary N) is 1. The van der Waals surface area contributed by atoms with Crippen molar-refractivity contribution in [2.45, 2.75) is 18.5 Å². The normalized spacial score (nSPS) is 14.1. The van der Waals surface area contributed by atoms with Crippen molar-refractivity contribution < 1.29 is 22.7 Å². The summed E-state index contributed by atoms with van der Waals surface area (Å²) in [6.45, 7) is 1.89. The van der Waals surface area contributed by atoms with Gasteiger partial charge in [-0.3, -0.25) is 4.79 Å². The number of ether oxygens (including phenoxy) is 1. The Morgan fingerprint density at radius 2 is 1.65 bits per heavy atom. The largest absolute Gasteiger partial charge is 0.468 e. The van der Waals surface area contributed by atoms with Crippen LogP contribution in [0, 0.1) is 0 Å². The Morgan fingerprint density at radius 1 is 1.20 bits per heavy atom. The molecule has 0 aliphatic rings. The van der Waals surface area contributed by atoms with Gasteiger partial charge in [0.25, 0.3) is 0 Å². The molecule has 1 aromatic carbocycles. The van der Waals surface area contributed by atoms with Gasteiger partial charge in [0.2, 0.25) is 0 Å². The van der Waals surface area contributed by atoms with Crippen molar-refractivity contribution in [3.05, 3.63) is 35.4 Å². The number of carbonyl (C=O) groups excluding carboxylic acids is 1. The zero-order chi connectivity index (χ0) is 14.7. The summed E-state index contributed by atoms with van der Waals surface area (Å²) in [7, 11) is 2.91. The van der Waals surface area contributed by atoms with E-state index in [0.29, 0.717) is 5.56 Å². The molecule has 1 N–H and O–H groups in total. The molecule has 1 atom stereocenters. The maximum Gasteiger partial charge on any atom is 0.416 e. The average Bonchev–Trinajstić information content (AvgIpc) is 2.37. The number of esters is 1. The number of benzene rings is 1. The third-order valence-corrected chi connectivity index (χ3v) is 3.02. The number of rotatable bonds is 4. The minimum atomic E-state index is -4.39. The number of carbonyl (C=O) groups is 1. The van der Waals surface area contributed by atoms with Gasteiger partial charge < -0.3 is 10.1 Å². The summed E-state index contributed by atoms with van der Waals surface area (Å²) in [5.41, 5.74) is -1.29. The molecule has 1 rings (SSSR count). The number of hydrogen-bond acceptors (Lipinski definition) is 3. The van der Waals surface area contributed by atoms with Gasteiger partial charge in [0, 0.05) is 6.54 Å². The molecule has 1 aromatic rings. The smallest absolute Gasteiger partial charge is 0.416 e. The van der Waals surface area contributed by atoms with Gasteiger partial charge in [-0.05, 0) is 31.7 Å². The lowest BCUT2D eigenvalue weighted by Gasteiger charge is -2.27. The Kier molecular flexibility index (Phi) is 6.50. The predicted molar refractivity (Wildman–Crippen MR) is 72.0 cm³/mol. The zero-order valence-corrected chi connectivity index (χ0v) is 12.2. The second-order valence-electron chi connectivity index (χ2n) is 4.43. The average molecular weight is 312 g/mol. The SMILES string of the molecule is CNCC(C)(C(=O)OC)c1ccc(C(F)(F)F)cc1.Cl. The van der Waals surface area contributed by atoms with Crippen LogP contribution in [-0.2, 0) is 21.1 Å². The first-order valence-electron chi connectivity index (χ1n) is 5.66. The first-order valence-corrected chi connectivity index (χ1v) is 5.66. The van der Waals surface area contributed by atoms with E-state index < -0.39 is 23.1 Å². The molecule has 0 saturated carbocycles. The maximum atomic E-state index is 12.5. The Morgan fingerprint density at radius 3 is 2.00 bits per heavy atom. The first-order chi connectivity index (χ1) is 8.75. The van der Waals surface area contributed by atoms with Crippen molar-refractivity contribution in [3.8, 4) is 0 Å². The van der Waals surface area contributed by atoms with E-state index in [0.717, 1.165) is 12.1 Å². The highest BCUT2D eigenvalue weighted by Crippen LogP contribution is 2.32. The third-order valence-electron chi connectivity index (χ3n) is 3.02. The highest BCUT2D eigenvalue weighted by Gasteiger charge is 2.37. The minimum absolute atomic E-state index is 0. The topological polar surface area (TPSA) is 38.3 Å². The number of halogens is 4. The number of methoxy groups -OCH3 is 1. The van der Waals surface area contributed by atoms with Crippen molar-refractivity contribution in [3.63, 3.8) is 0 Å². The van der Waals surface area contributed by atoms with Crippen LogP contribution in [0.15, 0.2) is 24.3 Å². The van der Waals surface area contributed by atoms with Crippen molar-refractivity contribution >= 4 is 18.4 Å². The summed E-state index contributed by atoms with van der Waals surface area (Å²) in [5, 5.41) is 2.84. The molecule has 0 spiro atoms. The number of likely N-dealkylation sites (N-methyl/N-ethyl adjacent to an activating group) is 1. The van der Waals surface area contributed by atoms with Crippen LogP contribution in [0.1, 0.15) is 18.1 Å². The highest BCUT2D eigenvalue weighted by molar-refractivity contribution is 5.85. The van der Waals surface area contributed by atoms with E-state index in [1.54, 1.807) is 14.0 Å². The molecule has 0 saturated heterocycles. The summed E-state index contributed by atoms with van der Waals surface area (Å²) in [6.07, 6.45) is -4.39. The molecule has 0 amide bonds. The monoisotopic (exact) mass is 311 g/mol. The summed E-state index contributed by atoms with van der Waals surface area (Å²) < 4.78 is 42.2. The fourth-order valence-corrected chi connectivity index (χ4v) is 1.90. The van der Waals surface area contributed by atoms with E-state index in [1.165, 1.54) is 19.2 Å². The Bertz CT molecular complexity index is 448. The molecule has 0 aromatic heterocycles. The summed E-state index contributed by atoms with van der Waals surface area (Å²) >= 11 is 0. The lowest BCUT2D eigenvalue weighted by Crippen LogP contribution is -2.42. The summed E-state index contributed by atoms with van der Waals surface area (Å²) in [5.74, 6) is -0.499. The van der Waals surface area contributed by atoms with Gasteiger partial charge in [-0.15, -0.1) is 12.4 Å². The standard InChI is InChI=1S/C13H16F3NO2.ClH/c1-12(8-17-2,11(18)19-3)9-4-6-10(7-5-9)13(14,15)16;/h4-7,17H,8H2,1-3H3;1H. The quantitative estimate of drug-likeness (QED) is 0.869. The fourth-order valence-electron chi connectivity index (χ4n) is 1.90. The van der Waals surface area contributed by atoms with Crippen LogP contribution in [0.25, 0.3) is 0 Å². The van der Waals surface area contributed by atoms with Gasteiger partial charge in [0.15, 0.2) is 0 Å². The lowest BCUT2D eigenvalue weighted by molar-refractivity contribution is -0.146. The van der Waals surface area contributed by atoms with E-state index in [1.807, 2.05) is 0 Å². The van der Waals surface area contributed by atoms with Crippen LogP contribution in [0.3, 0.4) is 0 Å². The molecule has 1 unspecified atom stereocenters. The fraction of sp³-hybridized carbons (Fsp3) is 0.462. The second kappa shape index (κ2) is 6.95. The molecule has 3 nitrogen and oxygen atoms in total. The Balaban J connectivity index is 0.00000361. The van der Waals surface area contributed by atoms with Gasteiger partial charge in [-0.2, -0.15) is 13.2 Å². The van der Waals surface area contributed by atoms with Crippen molar-refractivity contribution in [2.75, 3.05) is 20.7 Å². The summed E-state index contributed by atoms with van der Waals surface area (Å²) in [6, 6.07) is 4.53. The van der Waals surface area contributed by atoms with E-state index in [2.05, 4.69) is 5.32 Å². The first kappa shape index (κ1) is 18.7. The molecule has 0 aliphatic carbocycles. The molecule has 0 heterocycles.